The summed E-state index contributed by atoms with van der Waals surface area (Å²) in [6, 6.07) is 6.83. The number of hydrogen-bond acceptors (Lipinski definition) is 3. The van der Waals surface area contributed by atoms with Gasteiger partial charge in [-0.25, -0.2) is 0 Å². The van der Waals surface area contributed by atoms with Gasteiger partial charge in [-0.05, 0) is 37.1 Å². The average Bonchev–Trinajstić information content (AvgIpc) is 2.37. The number of fused-ring (bicyclic) bond motifs is 1. The summed E-state index contributed by atoms with van der Waals surface area (Å²) in [5.41, 5.74) is 3.69. The van der Waals surface area contributed by atoms with Crippen LogP contribution in [-0.2, 0) is 4.79 Å². The van der Waals surface area contributed by atoms with E-state index < -0.39 is 0 Å². The third-order valence-corrected chi connectivity index (χ3v) is 4.00. The van der Waals surface area contributed by atoms with Crippen LogP contribution in [0.15, 0.2) is 18.2 Å². The molecule has 3 rings (SSSR count). The number of rotatable bonds is 1. The Morgan fingerprint density at radius 1 is 1.21 bits per heavy atom. The van der Waals surface area contributed by atoms with E-state index in [4.69, 9.17) is 0 Å². The lowest BCUT2D eigenvalue weighted by Crippen LogP contribution is -2.63. The molecule has 2 saturated heterocycles. The Kier molecular flexibility index (Phi) is 3.19. The summed E-state index contributed by atoms with van der Waals surface area (Å²) in [5, 5.41) is 3.38. The Morgan fingerprint density at radius 3 is 2.68 bits per heavy atom. The normalized spacial score (nSPS) is 23.5. The lowest BCUT2D eigenvalue weighted by molar-refractivity contribution is -0.134. The van der Waals surface area contributed by atoms with Crippen molar-refractivity contribution in [2.24, 2.45) is 0 Å². The maximum absolute atomic E-state index is 12.2. The third kappa shape index (κ3) is 2.45. The molecule has 1 aromatic carbocycles. The number of aryl methyl sites for hydroxylation is 2. The van der Waals surface area contributed by atoms with Gasteiger partial charge in [-0.3, -0.25) is 4.79 Å². The maximum Gasteiger partial charge on any atom is 0.242 e. The van der Waals surface area contributed by atoms with Crippen LogP contribution in [0.5, 0.6) is 0 Å². The lowest BCUT2D eigenvalue weighted by atomic mass is 10.1. The standard InChI is InChI=1S/C15H21N3O/c1-11-5-12(2)7-13(6-11)17-9-14-8-16-3-4-18(14)15(19)10-17/h5-7,14,16H,3-4,8-10H2,1-2H3. The van der Waals surface area contributed by atoms with Crippen molar-refractivity contribution in [1.82, 2.24) is 10.2 Å². The van der Waals surface area contributed by atoms with Crippen LogP contribution in [0.2, 0.25) is 0 Å². The molecule has 2 heterocycles. The summed E-state index contributed by atoms with van der Waals surface area (Å²) in [5.74, 6) is 0.261. The first-order valence-corrected chi connectivity index (χ1v) is 6.97. The molecular formula is C15H21N3O. The Labute approximate surface area is 114 Å². The van der Waals surface area contributed by atoms with Crippen molar-refractivity contribution in [2.75, 3.05) is 37.6 Å². The molecule has 2 fully saturated rings. The van der Waals surface area contributed by atoms with Crippen molar-refractivity contribution >= 4 is 11.6 Å². The molecule has 0 aromatic heterocycles. The Hall–Kier alpha value is -1.55. The van der Waals surface area contributed by atoms with Crippen LogP contribution in [0, 0.1) is 13.8 Å². The smallest absolute Gasteiger partial charge is 0.242 e. The Balaban J connectivity index is 1.84. The number of anilines is 1. The van der Waals surface area contributed by atoms with E-state index in [-0.39, 0.29) is 5.91 Å². The van der Waals surface area contributed by atoms with E-state index in [1.54, 1.807) is 0 Å². The highest BCUT2D eigenvalue weighted by Gasteiger charge is 2.33. The molecule has 1 N–H and O–H groups in total. The molecule has 1 atom stereocenters. The second-order valence-electron chi connectivity index (χ2n) is 5.67. The van der Waals surface area contributed by atoms with Crippen molar-refractivity contribution in [3.05, 3.63) is 29.3 Å². The summed E-state index contributed by atoms with van der Waals surface area (Å²) in [6.07, 6.45) is 0. The van der Waals surface area contributed by atoms with Crippen molar-refractivity contribution in [2.45, 2.75) is 19.9 Å². The van der Waals surface area contributed by atoms with Crippen molar-refractivity contribution < 1.29 is 4.79 Å². The number of carbonyl (C=O) groups excluding carboxylic acids is 1. The van der Waals surface area contributed by atoms with E-state index in [0.717, 1.165) is 26.2 Å². The molecule has 1 amide bonds. The number of carbonyl (C=O) groups is 1. The SMILES string of the molecule is Cc1cc(C)cc(N2CC(=O)N3CCNCC3C2)c1. The molecule has 0 spiro atoms. The van der Waals surface area contributed by atoms with E-state index in [1.807, 2.05) is 4.90 Å². The largest absolute Gasteiger partial charge is 0.360 e. The van der Waals surface area contributed by atoms with Gasteiger partial charge >= 0.3 is 0 Å². The lowest BCUT2D eigenvalue weighted by Gasteiger charge is -2.44. The fourth-order valence-electron chi connectivity index (χ4n) is 3.16. The molecule has 19 heavy (non-hydrogen) atoms. The molecule has 1 unspecified atom stereocenters. The number of benzene rings is 1. The van der Waals surface area contributed by atoms with E-state index in [0.29, 0.717) is 12.6 Å². The number of nitrogens with zero attached hydrogens (tertiary/aromatic N) is 2. The Morgan fingerprint density at radius 2 is 1.95 bits per heavy atom. The van der Waals surface area contributed by atoms with E-state index in [1.165, 1.54) is 16.8 Å². The van der Waals surface area contributed by atoms with Crippen LogP contribution in [0.1, 0.15) is 11.1 Å². The summed E-state index contributed by atoms with van der Waals surface area (Å²) in [4.78, 5) is 16.5. The highest BCUT2D eigenvalue weighted by Crippen LogP contribution is 2.23. The zero-order valence-corrected chi connectivity index (χ0v) is 11.6. The minimum atomic E-state index is 0.261. The van der Waals surface area contributed by atoms with E-state index in [9.17, 15) is 4.79 Å². The van der Waals surface area contributed by atoms with Crippen LogP contribution < -0.4 is 10.2 Å². The molecule has 2 aliphatic heterocycles. The monoisotopic (exact) mass is 259 g/mol. The summed E-state index contributed by atoms with van der Waals surface area (Å²) >= 11 is 0. The van der Waals surface area contributed by atoms with Crippen molar-refractivity contribution in [3.63, 3.8) is 0 Å². The maximum atomic E-state index is 12.2. The van der Waals surface area contributed by atoms with Gasteiger partial charge in [-0.1, -0.05) is 6.07 Å². The van der Waals surface area contributed by atoms with Gasteiger partial charge in [0.15, 0.2) is 0 Å². The molecule has 0 saturated carbocycles. The summed E-state index contributed by atoms with van der Waals surface area (Å²) in [6.45, 7) is 8.34. The fraction of sp³-hybridized carbons (Fsp3) is 0.533. The first kappa shape index (κ1) is 12.5. The molecule has 0 aliphatic carbocycles. The van der Waals surface area contributed by atoms with Crippen molar-refractivity contribution in [1.29, 1.82) is 0 Å². The van der Waals surface area contributed by atoms with Gasteiger partial charge in [0.25, 0.3) is 0 Å². The third-order valence-electron chi connectivity index (χ3n) is 4.00. The quantitative estimate of drug-likeness (QED) is 0.815. The summed E-state index contributed by atoms with van der Waals surface area (Å²) in [7, 11) is 0. The molecular weight excluding hydrogens is 238 g/mol. The first-order chi connectivity index (χ1) is 9.13. The van der Waals surface area contributed by atoms with Gasteiger partial charge in [0.2, 0.25) is 5.91 Å². The van der Waals surface area contributed by atoms with Crippen LogP contribution in [-0.4, -0.2) is 49.6 Å². The fourth-order valence-corrected chi connectivity index (χ4v) is 3.16. The Bertz CT molecular complexity index is 480. The molecule has 2 aliphatic rings. The van der Waals surface area contributed by atoms with Gasteiger partial charge in [0.05, 0.1) is 12.6 Å². The average molecular weight is 259 g/mol. The van der Waals surface area contributed by atoms with Crippen molar-refractivity contribution in [3.8, 4) is 0 Å². The number of piperazine rings is 2. The van der Waals surface area contributed by atoms with E-state index in [2.05, 4.69) is 42.3 Å². The summed E-state index contributed by atoms with van der Waals surface area (Å²) < 4.78 is 0. The first-order valence-electron chi connectivity index (χ1n) is 6.97. The van der Waals surface area contributed by atoms with Crippen LogP contribution >= 0.6 is 0 Å². The molecule has 1 aromatic rings. The molecule has 4 nitrogen and oxygen atoms in total. The predicted octanol–water partition coefficient (Wildman–Crippen LogP) is 0.924. The second kappa shape index (κ2) is 4.85. The number of amides is 1. The zero-order chi connectivity index (χ0) is 13.4. The highest BCUT2D eigenvalue weighted by molar-refractivity contribution is 5.83. The minimum Gasteiger partial charge on any atom is -0.360 e. The van der Waals surface area contributed by atoms with Gasteiger partial charge < -0.3 is 15.1 Å². The molecule has 0 radical (unpaired) electrons. The molecule has 102 valence electrons. The van der Waals surface area contributed by atoms with Gasteiger partial charge in [0, 0.05) is 31.9 Å². The minimum absolute atomic E-state index is 0.261. The molecule has 0 bridgehead atoms. The van der Waals surface area contributed by atoms with Crippen LogP contribution in [0.4, 0.5) is 5.69 Å². The predicted molar refractivity (Wildman–Crippen MR) is 76.5 cm³/mol. The number of hydrogen-bond donors (Lipinski definition) is 1. The van der Waals surface area contributed by atoms with Crippen LogP contribution in [0.3, 0.4) is 0 Å². The highest BCUT2D eigenvalue weighted by atomic mass is 16.2. The number of nitrogens with one attached hydrogen (secondary N) is 1. The van der Waals surface area contributed by atoms with Crippen LogP contribution in [0.25, 0.3) is 0 Å². The second-order valence-corrected chi connectivity index (χ2v) is 5.67. The van der Waals surface area contributed by atoms with E-state index >= 15 is 0 Å². The van der Waals surface area contributed by atoms with Gasteiger partial charge in [-0.2, -0.15) is 0 Å². The molecule has 4 heteroatoms. The van der Waals surface area contributed by atoms with Gasteiger partial charge in [-0.15, -0.1) is 0 Å². The topological polar surface area (TPSA) is 35.6 Å². The zero-order valence-electron chi connectivity index (χ0n) is 11.6. The van der Waals surface area contributed by atoms with Gasteiger partial charge in [0.1, 0.15) is 0 Å².